The van der Waals surface area contributed by atoms with E-state index in [1.807, 2.05) is 0 Å². The summed E-state index contributed by atoms with van der Waals surface area (Å²) in [6.07, 6.45) is 1.70. The number of amides is 2. The highest BCUT2D eigenvalue weighted by atomic mass is 16.6. The molecule has 9 heteroatoms. The fraction of sp³-hybridized carbons (Fsp3) is 0.565. The molecule has 0 radical (unpaired) electrons. The van der Waals surface area contributed by atoms with Gasteiger partial charge in [-0.05, 0) is 12.1 Å². The third-order valence-corrected chi connectivity index (χ3v) is 4.43. The van der Waals surface area contributed by atoms with Crippen molar-refractivity contribution in [3.63, 3.8) is 0 Å². The summed E-state index contributed by atoms with van der Waals surface area (Å²) in [5.41, 5.74) is 0.897. The third kappa shape index (κ3) is 9.56. The Labute approximate surface area is 189 Å². The Balaban J connectivity index is 1.32. The summed E-state index contributed by atoms with van der Waals surface area (Å²) in [4.78, 5) is 25.7. The fourth-order valence-corrected chi connectivity index (χ4v) is 2.86. The van der Waals surface area contributed by atoms with E-state index in [1.165, 1.54) is 4.90 Å². The number of rotatable bonds is 20. The van der Waals surface area contributed by atoms with Crippen LogP contribution in [0.2, 0.25) is 0 Å². The summed E-state index contributed by atoms with van der Waals surface area (Å²) >= 11 is 0. The van der Waals surface area contributed by atoms with Crippen LogP contribution in [0.4, 0.5) is 0 Å². The van der Waals surface area contributed by atoms with E-state index in [4.69, 9.17) is 28.4 Å². The zero-order valence-corrected chi connectivity index (χ0v) is 18.5. The first kappa shape index (κ1) is 26.1. The minimum Gasteiger partial charge on any atom is -0.377 e. The lowest BCUT2D eigenvalue weighted by atomic mass is 10.1. The molecule has 1 aliphatic heterocycles. The first-order chi connectivity index (χ1) is 15.8. The minimum atomic E-state index is -0.270. The van der Waals surface area contributed by atoms with E-state index in [9.17, 15) is 9.59 Å². The molecule has 178 valence electrons. The van der Waals surface area contributed by atoms with Crippen molar-refractivity contribution in [2.75, 3.05) is 85.8 Å². The minimum absolute atomic E-state index is 0.226. The maximum Gasteiger partial charge on any atom is 0.261 e. The van der Waals surface area contributed by atoms with Crippen LogP contribution >= 0.6 is 0 Å². The summed E-state index contributed by atoms with van der Waals surface area (Å²) in [7, 11) is 0. The predicted molar refractivity (Wildman–Crippen MR) is 117 cm³/mol. The van der Waals surface area contributed by atoms with Crippen molar-refractivity contribution in [3.05, 3.63) is 48.0 Å². The average Bonchev–Trinajstić information content (AvgIpc) is 3.05. The van der Waals surface area contributed by atoms with Gasteiger partial charge in [0.2, 0.25) is 0 Å². The second-order valence-corrected chi connectivity index (χ2v) is 6.73. The molecule has 0 fully saturated rings. The van der Waals surface area contributed by atoms with Crippen molar-refractivity contribution in [1.82, 2.24) is 4.90 Å². The van der Waals surface area contributed by atoms with Gasteiger partial charge in [0, 0.05) is 0 Å². The molecule has 9 nitrogen and oxygen atoms in total. The Morgan fingerprint density at radius 2 is 1.00 bits per heavy atom. The molecule has 1 aliphatic rings. The molecule has 0 aromatic heterocycles. The van der Waals surface area contributed by atoms with Crippen LogP contribution in [0.5, 0.6) is 0 Å². The smallest absolute Gasteiger partial charge is 0.261 e. The molecule has 1 aromatic carbocycles. The largest absolute Gasteiger partial charge is 0.377 e. The Kier molecular flexibility index (Phi) is 13.5. The molecule has 0 saturated carbocycles. The highest BCUT2D eigenvalue weighted by Gasteiger charge is 2.34. The van der Waals surface area contributed by atoms with Crippen molar-refractivity contribution in [3.8, 4) is 0 Å². The summed E-state index contributed by atoms with van der Waals surface area (Å²) in [5.74, 6) is -0.541. The molecule has 0 aliphatic carbocycles. The molecular formula is C23H33NO8. The van der Waals surface area contributed by atoms with Crippen molar-refractivity contribution in [2.45, 2.75) is 0 Å². The molecule has 0 unspecified atom stereocenters. The number of hydrogen-bond donors (Lipinski definition) is 0. The molecule has 0 N–H and O–H groups in total. The first-order valence-electron chi connectivity index (χ1n) is 10.8. The Hall–Kier alpha value is -2.14. The van der Waals surface area contributed by atoms with Gasteiger partial charge in [0.05, 0.1) is 97.0 Å². The van der Waals surface area contributed by atoms with Gasteiger partial charge in [-0.25, -0.2) is 0 Å². The number of benzene rings is 1. The number of carbonyl (C=O) groups is 2. The monoisotopic (exact) mass is 451 g/mol. The molecular weight excluding hydrogens is 418 g/mol. The Morgan fingerprint density at radius 1 is 0.625 bits per heavy atom. The number of nitrogens with zero attached hydrogens (tertiary/aromatic N) is 1. The second-order valence-electron chi connectivity index (χ2n) is 6.73. The second kappa shape index (κ2) is 16.5. The van der Waals surface area contributed by atoms with Crippen LogP contribution in [0.15, 0.2) is 36.9 Å². The SMILES string of the molecule is C=CCOCCOCCOCCOCCOCCOCCN1C(=O)c2ccccc2C1=O. The maximum absolute atomic E-state index is 12.2. The summed E-state index contributed by atoms with van der Waals surface area (Å²) in [6.45, 7) is 9.42. The number of carbonyl (C=O) groups excluding carboxylic acids is 2. The number of imide groups is 1. The lowest BCUT2D eigenvalue weighted by Gasteiger charge is -2.13. The molecule has 1 aromatic rings. The lowest BCUT2D eigenvalue weighted by molar-refractivity contribution is -0.0161. The van der Waals surface area contributed by atoms with Crippen molar-refractivity contribution >= 4 is 11.8 Å². The lowest BCUT2D eigenvalue weighted by Crippen LogP contribution is -2.33. The standard InChI is InChI=1S/C23H33NO8/c1-2-8-27-10-12-29-14-16-31-18-19-32-17-15-30-13-11-28-9-7-24-22(25)20-5-3-4-6-21(20)23(24)26/h2-6H,1,7-19H2. The van der Waals surface area contributed by atoms with Gasteiger partial charge >= 0.3 is 0 Å². The highest BCUT2D eigenvalue weighted by molar-refractivity contribution is 6.21. The zero-order chi connectivity index (χ0) is 22.9. The van der Waals surface area contributed by atoms with Crippen LogP contribution in [0.25, 0.3) is 0 Å². The molecule has 0 saturated heterocycles. The van der Waals surface area contributed by atoms with E-state index < -0.39 is 0 Å². The zero-order valence-electron chi connectivity index (χ0n) is 18.5. The van der Waals surface area contributed by atoms with E-state index in [2.05, 4.69) is 6.58 Å². The number of ether oxygens (including phenoxy) is 6. The highest BCUT2D eigenvalue weighted by Crippen LogP contribution is 2.21. The molecule has 1 heterocycles. The van der Waals surface area contributed by atoms with E-state index in [1.54, 1.807) is 30.3 Å². The first-order valence-corrected chi connectivity index (χ1v) is 10.8. The van der Waals surface area contributed by atoms with Gasteiger partial charge in [-0.1, -0.05) is 18.2 Å². The summed E-state index contributed by atoms with van der Waals surface area (Å²) in [6, 6.07) is 6.82. The predicted octanol–water partition coefficient (Wildman–Crippen LogP) is 1.57. The molecule has 0 spiro atoms. The molecule has 0 bridgehead atoms. The van der Waals surface area contributed by atoms with Crippen LogP contribution in [-0.2, 0) is 28.4 Å². The summed E-state index contributed by atoms with van der Waals surface area (Å²) < 4.78 is 32.2. The Morgan fingerprint density at radius 3 is 1.41 bits per heavy atom. The van der Waals surface area contributed by atoms with E-state index in [0.717, 1.165) is 0 Å². The van der Waals surface area contributed by atoms with Gasteiger partial charge in [0.25, 0.3) is 11.8 Å². The topological polar surface area (TPSA) is 92.8 Å². The van der Waals surface area contributed by atoms with E-state index in [0.29, 0.717) is 83.8 Å². The van der Waals surface area contributed by atoms with Crippen molar-refractivity contribution < 1.29 is 38.0 Å². The van der Waals surface area contributed by atoms with Crippen LogP contribution in [-0.4, -0.2) is 103 Å². The maximum atomic E-state index is 12.2. The third-order valence-electron chi connectivity index (χ3n) is 4.43. The Bertz CT molecular complexity index is 661. The number of fused-ring (bicyclic) bond motifs is 1. The molecule has 2 amide bonds. The van der Waals surface area contributed by atoms with Crippen molar-refractivity contribution in [1.29, 1.82) is 0 Å². The van der Waals surface area contributed by atoms with Crippen LogP contribution in [0, 0.1) is 0 Å². The van der Waals surface area contributed by atoms with Crippen LogP contribution < -0.4 is 0 Å². The van der Waals surface area contributed by atoms with Gasteiger partial charge in [-0.3, -0.25) is 14.5 Å². The van der Waals surface area contributed by atoms with E-state index in [-0.39, 0.29) is 25.0 Å². The van der Waals surface area contributed by atoms with Gasteiger partial charge in [-0.15, -0.1) is 6.58 Å². The van der Waals surface area contributed by atoms with Crippen LogP contribution in [0.3, 0.4) is 0 Å². The van der Waals surface area contributed by atoms with Gasteiger partial charge in [0.1, 0.15) is 0 Å². The van der Waals surface area contributed by atoms with Gasteiger partial charge in [-0.2, -0.15) is 0 Å². The normalized spacial score (nSPS) is 13.1. The molecule has 2 rings (SSSR count). The van der Waals surface area contributed by atoms with Crippen molar-refractivity contribution in [2.24, 2.45) is 0 Å². The molecule has 0 atom stereocenters. The number of hydrogen-bond acceptors (Lipinski definition) is 8. The molecule has 32 heavy (non-hydrogen) atoms. The van der Waals surface area contributed by atoms with Gasteiger partial charge < -0.3 is 28.4 Å². The average molecular weight is 452 g/mol. The quantitative estimate of drug-likeness (QED) is 0.168. The van der Waals surface area contributed by atoms with Crippen LogP contribution in [0.1, 0.15) is 20.7 Å². The summed E-state index contributed by atoms with van der Waals surface area (Å²) in [5, 5.41) is 0. The fourth-order valence-electron chi connectivity index (χ4n) is 2.86. The van der Waals surface area contributed by atoms with Gasteiger partial charge in [0.15, 0.2) is 0 Å². The van der Waals surface area contributed by atoms with E-state index >= 15 is 0 Å².